The van der Waals surface area contributed by atoms with Gasteiger partial charge >= 0.3 is 19.7 Å². The third-order valence-corrected chi connectivity index (χ3v) is 13.5. The predicted octanol–water partition coefficient (Wildman–Crippen LogP) is 5.53. The first-order valence-corrected chi connectivity index (χ1v) is 23.8. The summed E-state index contributed by atoms with van der Waals surface area (Å²) in [5.74, 6) is 0.0991. The second-order valence-electron chi connectivity index (χ2n) is 15.3. The number of carbonyl (C=O) groups is 2. The molecule has 5 rings (SSSR count). The molecule has 2 N–H and O–H groups in total. The van der Waals surface area contributed by atoms with Gasteiger partial charge in [-0.05, 0) is 80.1 Å². The van der Waals surface area contributed by atoms with Crippen LogP contribution in [0.1, 0.15) is 45.2 Å². The average Bonchev–Trinajstić information content (AvgIpc) is 3.88. The second kappa shape index (κ2) is 23.5. The number of ether oxygens (including phenoxy) is 7. The number of amides is 1. The van der Waals surface area contributed by atoms with E-state index in [0.717, 1.165) is 5.56 Å². The third-order valence-electron chi connectivity index (χ3n) is 10.0. The molecule has 0 saturated carbocycles. The minimum absolute atomic E-state index is 0.00393. The van der Waals surface area contributed by atoms with Gasteiger partial charge in [0.25, 0.3) is 0 Å². The Hall–Kier alpha value is -4.10. The Bertz CT molecular complexity index is 2010. The van der Waals surface area contributed by atoms with Crippen molar-refractivity contribution in [3.05, 3.63) is 90.0 Å². The summed E-state index contributed by atoms with van der Waals surface area (Å²) in [5.41, 5.74) is 1.45. The maximum absolute atomic E-state index is 13.9. The molecule has 0 bridgehead atoms. The number of methoxy groups -OCH3 is 1. The molecule has 2 aliphatic heterocycles. The minimum atomic E-state index is -4.06. The lowest BCUT2D eigenvalue weighted by Crippen LogP contribution is -2.51. The van der Waals surface area contributed by atoms with Gasteiger partial charge in [0.15, 0.2) is 12.4 Å². The molecule has 2 heterocycles. The molecule has 62 heavy (non-hydrogen) atoms. The van der Waals surface area contributed by atoms with Crippen LogP contribution in [0.15, 0.2) is 83.8 Å². The van der Waals surface area contributed by atoms with Crippen LogP contribution in [0.2, 0.25) is 0 Å². The number of sulfonamides is 1. The fourth-order valence-electron chi connectivity index (χ4n) is 6.82. The molecule has 2 fully saturated rings. The van der Waals surface area contributed by atoms with Crippen molar-refractivity contribution in [1.29, 1.82) is 0 Å². The van der Waals surface area contributed by atoms with Crippen LogP contribution in [-0.4, -0.2) is 120 Å². The number of aliphatic hydroxyl groups is 1. The monoisotopic (exact) mass is 906 g/mol. The van der Waals surface area contributed by atoms with Gasteiger partial charge in [0.1, 0.15) is 30.6 Å². The molecule has 3 aromatic rings. The highest BCUT2D eigenvalue weighted by Gasteiger charge is 2.44. The van der Waals surface area contributed by atoms with Crippen molar-refractivity contribution in [2.75, 3.05) is 59.6 Å². The van der Waals surface area contributed by atoms with E-state index in [9.17, 15) is 27.7 Å². The van der Waals surface area contributed by atoms with Gasteiger partial charge in [-0.2, -0.15) is 4.31 Å². The Labute approximate surface area is 363 Å². The first-order valence-electron chi connectivity index (χ1n) is 20.6. The van der Waals surface area contributed by atoms with Crippen molar-refractivity contribution < 1.29 is 69.9 Å². The molecule has 17 nitrogen and oxygen atoms in total. The average molecular weight is 907 g/mol. The Kier molecular flexibility index (Phi) is 18.6. The molecule has 1 unspecified atom stereocenters. The van der Waals surface area contributed by atoms with E-state index in [4.69, 9.17) is 42.2 Å². The van der Waals surface area contributed by atoms with Gasteiger partial charge in [0.05, 0.1) is 63.1 Å². The van der Waals surface area contributed by atoms with Crippen LogP contribution in [0, 0.1) is 11.8 Å². The van der Waals surface area contributed by atoms with Crippen molar-refractivity contribution in [3.63, 3.8) is 0 Å². The maximum atomic E-state index is 13.9. The number of hydrogen-bond acceptors (Lipinski definition) is 15. The number of fused-ring (bicyclic) bond motifs is 1. The number of benzene rings is 3. The van der Waals surface area contributed by atoms with Gasteiger partial charge < -0.3 is 48.1 Å². The topological polar surface area (TPSA) is 204 Å². The molecule has 342 valence electrons. The fourth-order valence-corrected chi connectivity index (χ4v) is 9.91. The Morgan fingerprint density at radius 1 is 0.935 bits per heavy atom. The van der Waals surface area contributed by atoms with Gasteiger partial charge in [-0.25, -0.2) is 18.0 Å². The summed E-state index contributed by atoms with van der Waals surface area (Å²) in [7, 11) is -6.50. The van der Waals surface area contributed by atoms with Crippen LogP contribution in [0.3, 0.4) is 0 Å². The third kappa shape index (κ3) is 14.5. The van der Waals surface area contributed by atoms with Gasteiger partial charge in [-0.1, -0.05) is 56.3 Å². The van der Waals surface area contributed by atoms with Crippen molar-refractivity contribution in [3.8, 4) is 11.5 Å². The summed E-state index contributed by atoms with van der Waals surface area (Å²) in [6.07, 6.45) is -3.92. The summed E-state index contributed by atoms with van der Waals surface area (Å²) >= 11 is 0. The maximum Gasteiger partial charge on any atom is 0.407 e. The zero-order valence-electron chi connectivity index (χ0n) is 35.8. The highest BCUT2D eigenvalue weighted by molar-refractivity contribution is 7.89. The van der Waals surface area contributed by atoms with Gasteiger partial charge in [0, 0.05) is 13.1 Å². The summed E-state index contributed by atoms with van der Waals surface area (Å²) in [4.78, 5) is 25.6. The molecule has 2 aliphatic rings. The first kappa shape index (κ1) is 48.9. The summed E-state index contributed by atoms with van der Waals surface area (Å²) in [5, 5.41) is 14.5. The minimum Gasteiger partial charge on any atom is -0.497 e. The molecule has 3 aromatic carbocycles. The molecule has 2 saturated heterocycles. The molecule has 19 heteroatoms. The van der Waals surface area contributed by atoms with E-state index < -0.39 is 66.7 Å². The van der Waals surface area contributed by atoms with E-state index in [2.05, 4.69) is 5.32 Å². The number of hydrogen-bond donors (Lipinski definition) is 2. The molecular weight excluding hydrogens is 848 g/mol. The van der Waals surface area contributed by atoms with Crippen molar-refractivity contribution >= 4 is 29.7 Å². The van der Waals surface area contributed by atoms with Crippen molar-refractivity contribution in [1.82, 2.24) is 9.62 Å². The Morgan fingerprint density at radius 3 is 2.32 bits per heavy atom. The molecule has 1 amide bonds. The summed E-state index contributed by atoms with van der Waals surface area (Å²) in [6, 6.07) is 21.0. The lowest BCUT2D eigenvalue weighted by atomic mass is 10.0. The molecule has 0 radical (unpaired) electrons. The number of nitrogens with one attached hydrogen (secondary N) is 1. The van der Waals surface area contributed by atoms with Gasteiger partial charge in [-0.15, -0.1) is 0 Å². The smallest absolute Gasteiger partial charge is 0.407 e. The van der Waals surface area contributed by atoms with Crippen LogP contribution >= 0.6 is 7.60 Å². The number of aliphatic hydroxyl groups excluding tert-OH is 1. The zero-order valence-corrected chi connectivity index (χ0v) is 37.5. The van der Waals surface area contributed by atoms with E-state index in [0.29, 0.717) is 30.1 Å². The van der Waals surface area contributed by atoms with Crippen molar-refractivity contribution in [2.24, 2.45) is 11.8 Å². The highest BCUT2D eigenvalue weighted by atomic mass is 32.2. The lowest BCUT2D eigenvalue weighted by molar-refractivity contribution is -0.151. The standard InChI is InChI=1S/C43H59N2O15PS/c1-6-54-41(47)31(4)60-61(49,58-27-33-10-8-7-9-11-33)29-53-22-23-55-35-14-12-32(13-15-35)24-38(44-43(48)59-40-28-57-42-37(40)20-21-56-42)39(46)26-45(25-30(2)3)62(50,51)36-18-16-34(52-5)17-19-36/h7-19,30-31,37-40,42,46H,6,20-29H2,1-5H3,(H,44,48)/t31-,37-,38-,39+,40-,42+,61?/m0/s1. The fraction of sp³-hybridized carbons (Fsp3) is 0.535. The van der Waals surface area contributed by atoms with E-state index in [1.54, 1.807) is 55.5 Å². The molecule has 0 aliphatic carbocycles. The second-order valence-corrected chi connectivity index (χ2v) is 19.2. The summed E-state index contributed by atoms with van der Waals surface area (Å²) in [6.45, 7) is 7.46. The molecule has 0 aromatic heterocycles. The van der Waals surface area contributed by atoms with E-state index in [-0.39, 0.29) is 69.3 Å². The summed E-state index contributed by atoms with van der Waals surface area (Å²) < 4.78 is 92.5. The number of nitrogens with zero attached hydrogens (tertiary/aromatic N) is 1. The van der Waals surface area contributed by atoms with Gasteiger partial charge in [0.2, 0.25) is 10.0 Å². The SMILES string of the molecule is CCOC(=O)[C@H](C)OP(=O)(COCCOc1ccc(C[C@H](NC(=O)O[C@H]2CO[C@H]3OCC[C@H]32)[C@H](O)CN(CC(C)C)S(=O)(=O)c2ccc(OC)cc2)cc1)OCc1ccccc1. The Balaban J connectivity index is 1.21. The quantitative estimate of drug-likeness (QED) is 0.0610. The zero-order chi connectivity index (χ0) is 44.7. The van der Waals surface area contributed by atoms with Crippen LogP contribution in [-0.2, 0) is 65.1 Å². The predicted molar refractivity (Wildman–Crippen MR) is 226 cm³/mol. The van der Waals surface area contributed by atoms with Crippen LogP contribution in [0.25, 0.3) is 0 Å². The first-order chi connectivity index (χ1) is 29.7. The number of carbonyl (C=O) groups excluding carboxylic acids is 2. The van der Waals surface area contributed by atoms with Gasteiger partial charge in [-0.3, -0.25) is 9.09 Å². The number of rotatable bonds is 25. The molecular formula is C43H59N2O15PS. The normalized spacial score (nSPS) is 19.9. The Morgan fingerprint density at radius 2 is 1.65 bits per heavy atom. The molecule has 0 spiro atoms. The highest BCUT2D eigenvalue weighted by Crippen LogP contribution is 2.50. The van der Waals surface area contributed by atoms with Crippen LogP contribution in [0.4, 0.5) is 4.79 Å². The lowest BCUT2D eigenvalue weighted by Gasteiger charge is -2.31. The largest absolute Gasteiger partial charge is 0.497 e. The number of esters is 1. The van der Waals surface area contributed by atoms with Crippen LogP contribution in [0.5, 0.6) is 11.5 Å². The van der Waals surface area contributed by atoms with E-state index in [1.165, 1.54) is 30.5 Å². The number of alkyl carbamates (subject to hydrolysis) is 1. The van der Waals surface area contributed by atoms with Crippen LogP contribution < -0.4 is 14.8 Å². The van der Waals surface area contributed by atoms with E-state index in [1.807, 2.05) is 32.0 Å². The van der Waals surface area contributed by atoms with E-state index >= 15 is 0 Å². The van der Waals surface area contributed by atoms with Crippen molar-refractivity contribution in [2.45, 2.75) is 82.7 Å². The molecule has 7 atom stereocenters.